The van der Waals surface area contributed by atoms with Crippen LogP contribution in [-0.4, -0.2) is 56.1 Å². The van der Waals surface area contributed by atoms with Crippen LogP contribution in [0.4, 0.5) is 23.2 Å². The summed E-state index contributed by atoms with van der Waals surface area (Å²) in [6, 6.07) is 10.1. The maximum Gasteiger partial charge on any atom is 0.242 e. The second-order valence-electron chi connectivity index (χ2n) is 11.4. The third-order valence-electron chi connectivity index (χ3n) is 8.21. The molecule has 0 aromatic heterocycles. The molecule has 4 atom stereocenters. The van der Waals surface area contributed by atoms with Crippen LogP contribution in [0.2, 0.25) is 0 Å². The lowest BCUT2D eigenvalue weighted by Crippen LogP contribution is -2.59. The average molecular weight is 619 g/mol. The van der Waals surface area contributed by atoms with Gasteiger partial charge in [0.05, 0.1) is 12.3 Å². The van der Waals surface area contributed by atoms with Gasteiger partial charge in [-0.2, -0.15) is 4.31 Å². The Bertz CT molecular complexity index is 1560. The first-order chi connectivity index (χ1) is 20.4. The molecule has 7 nitrogen and oxygen atoms in total. The molecule has 4 N–H and O–H groups in total. The lowest BCUT2D eigenvalue weighted by Gasteiger charge is -2.41. The van der Waals surface area contributed by atoms with Crippen molar-refractivity contribution in [2.24, 2.45) is 11.7 Å². The molecule has 0 radical (unpaired) electrons. The first-order valence-electron chi connectivity index (χ1n) is 14.2. The zero-order chi connectivity index (χ0) is 30.9. The maximum atomic E-state index is 15.2. The fraction of sp³-hybridized carbons (Fsp3) is 0.387. The number of halogens is 4. The average Bonchev–Trinajstić information content (AvgIpc) is 3.78. The number of rotatable bonds is 10. The Hall–Kier alpha value is -3.32. The van der Waals surface area contributed by atoms with Crippen molar-refractivity contribution >= 4 is 21.6 Å². The fourth-order valence-corrected chi connectivity index (χ4v) is 7.55. The predicted molar refractivity (Wildman–Crippen MR) is 156 cm³/mol. The van der Waals surface area contributed by atoms with Gasteiger partial charge in [-0.05, 0) is 79.1 Å². The van der Waals surface area contributed by atoms with E-state index in [4.69, 9.17) is 5.73 Å². The molecule has 5 rings (SSSR count). The van der Waals surface area contributed by atoms with Crippen LogP contribution in [-0.2, 0) is 21.2 Å². The summed E-state index contributed by atoms with van der Waals surface area (Å²) in [5.74, 6) is -4.37. The topological polar surface area (TPSA) is 105 Å². The molecule has 1 unspecified atom stereocenters. The lowest BCUT2D eigenvalue weighted by molar-refractivity contribution is -0.117. The van der Waals surface area contributed by atoms with Crippen LogP contribution in [0.25, 0.3) is 0 Å². The number of nitrogens with two attached hydrogens (primary N) is 1. The van der Waals surface area contributed by atoms with Crippen molar-refractivity contribution in [1.82, 2.24) is 9.62 Å². The number of anilines is 1. The Morgan fingerprint density at radius 2 is 1.65 bits per heavy atom. The Labute approximate surface area is 248 Å². The summed E-state index contributed by atoms with van der Waals surface area (Å²) in [5.41, 5.74) is 7.13. The molecule has 2 fully saturated rings. The number of carbonyl (C=O) groups is 1. The van der Waals surface area contributed by atoms with Crippen molar-refractivity contribution < 1.29 is 30.8 Å². The minimum absolute atomic E-state index is 0.0714. The van der Waals surface area contributed by atoms with Crippen molar-refractivity contribution in [2.45, 2.75) is 49.7 Å². The highest BCUT2D eigenvalue weighted by molar-refractivity contribution is 7.88. The Morgan fingerprint density at radius 3 is 2.28 bits per heavy atom. The minimum atomic E-state index is -3.52. The van der Waals surface area contributed by atoms with E-state index in [1.54, 1.807) is 4.31 Å². The van der Waals surface area contributed by atoms with Gasteiger partial charge >= 0.3 is 0 Å². The maximum absolute atomic E-state index is 15.2. The number of amides is 1. The quantitative estimate of drug-likeness (QED) is 0.294. The Morgan fingerprint density at radius 1 is 0.977 bits per heavy atom. The van der Waals surface area contributed by atoms with Gasteiger partial charge in [0.1, 0.15) is 23.3 Å². The molecular formula is C31H34F4N4O3S. The second-order valence-corrected chi connectivity index (χ2v) is 13.2. The minimum Gasteiger partial charge on any atom is -0.324 e. The summed E-state index contributed by atoms with van der Waals surface area (Å²) in [6.45, 7) is 0.985. The highest BCUT2D eigenvalue weighted by Gasteiger charge is 2.44. The Balaban J connectivity index is 1.38. The predicted octanol–water partition coefficient (Wildman–Crippen LogP) is 4.29. The van der Waals surface area contributed by atoms with Crippen molar-refractivity contribution in [3.05, 3.63) is 101 Å². The lowest BCUT2D eigenvalue weighted by atomic mass is 9.84. The van der Waals surface area contributed by atoms with Crippen molar-refractivity contribution in [2.75, 3.05) is 24.7 Å². The van der Waals surface area contributed by atoms with E-state index in [1.807, 2.05) is 0 Å². The summed E-state index contributed by atoms with van der Waals surface area (Å²) in [4.78, 5) is 13.5. The standard InChI is InChI=1S/C31H34F4N4O3S/c1-43(41,42)39-24(16-37-17-28(39)18-5-6-18)11-12-25-26(35)3-2-4-27(25)38-31(40)30(36)29(19-7-9-21(32)10-8-19)20-13-22(33)15-23(34)14-20/h2-4,7-10,13-15,18,24,28-30,37H,5-6,11-12,16-17,36H2,1H3,(H,38,40)/t24-,28+,29?,30-/m0/s1. The van der Waals surface area contributed by atoms with Gasteiger partial charge in [0.15, 0.2) is 0 Å². The van der Waals surface area contributed by atoms with Crippen LogP contribution in [0.5, 0.6) is 0 Å². The van der Waals surface area contributed by atoms with E-state index in [2.05, 4.69) is 10.6 Å². The normalized spacial score (nSPS) is 20.9. The summed E-state index contributed by atoms with van der Waals surface area (Å²) >= 11 is 0. The molecule has 3 aromatic carbocycles. The molecule has 3 aromatic rings. The van der Waals surface area contributed by atoms with Crippen LogP contribution in [0, 0.1) is 29.2 Å². The van der Waals surface area contributed by atoms with Gasteiger partial charge in [0.25, 0.3) is 0 Å². The van der Waals surface area contributed by atoms with Gasteiger partial charge in [-0.15, -0.1) is 0 Å². The van der Waals surface area contributed by atoms with E-state index in [0.717, 1.165) is 37.1 Å². The number of hydrogen-bond acceptors (Lipinski definition) is 5. The molecule has 0 bridgehead atoms. The third kappa shape index (κ3) is 7.26. The van der Waals surface area contributed by atoms with Crippen LogP contribution < -0.4 is 16.4 Å². The Kier molecular flexibility index (Phi) is 9.21. The van der Waals surface area contributed by atoms with Gasteiger partial charge in [-0.25, -0.2) is 26.0 Å². The van der Waals surface area contributed by atoms with E-state index < -0.39 is 57.2 Å². The molecule has 43 heavy (non-hydrogen) atoms. The number of hydrogen-bond donors (Lipinski definition) is 3. The number of carbonyl (C=O) groups excluding carboxylic acids is 1. The van der Waals surface area contributed by atoms with Crippen LogP contribution in [0.1, 0.15) is 41.9 Å². The van der Waals surface area contributed by atoms with Gasteiger partial charge in [-0.1, -0.05) is 18.2 Å². The number of piperazine rings is 1. The number of nitrogens with zero attached hydrogens (tertiary/aromatic N) is 1. The van der Waals surface area contributed by atoms with Crippen LogP contribution in [0.15, 0.2) is 60.7 Å². The number of nitrogens with one attached hydrogen (secondary N) is 2. The summed E-state index contributed by atoms with van der Waals surface area (Å²) in [7, 11) is -3.52. The highest BCUT2D eigenvalue weighted by atomic mass is 32.2. The van der Waals surface area contributed by atoms with Crippen molar-refractivity contribution in [1.29, 1.82) is 0 Å². The smallest absolute Gasteiger partial charge is 0.242 e. The van der Waals surface area contributed by atoms with Crippen LogP contribution in [0.3, 0.4) is 0 Å². The van der Waals surface area contributed by atoms with E-state index in [0.29, 0.717) is 37.1 Å². The summed E-state index contributed by atoms with van der Waals surface area (Å²) in [5, 5.41) is 5.98. The molecule has 1 saturated heterocycles. The molecule has 1 aliphatic carbocycles. The van der Waals surface area contributed by atoms with E-state index in [9.17, 15) is 26.4 Å². The molecule has 0 spiro atoms. The first kappa shape index (κ1) is 31.1. The van der Waals surface area contributed by atoms with E-state index >= 15 is 4.39 Å². The zero-order valence-electron chi connectivity index (χ0n) is 23.6. The summed E-state index contributed by atoms with van der Waals surface area (Å²) < 4.78 is 84.2. The fourth-order valence-electron chi connectivity index (χ4n) is 6.09. The number of sulfonamides is 1. The van der Waals surface area contributed by atoms with Gasteiger partial charge < -0.3 is 16.4 Å². The van der Waals surface area contributed by atoms with Crippen LogP contribution >= 0.6 is 0 Å². The highest BCUT2D eigenvalue weighted by Crippen LogP contribution is 2.38. The van der Waals surface area contributed by atoms with Gasteiger partial charge in [0, 0.05) is 48.4 Å². The van der Waals surface area contributed by atoms with E-state index in [1.165, 1.54) is 36.6 Å². The molecule has 230 valence electrons. The second kappa shape index (κ2) is 12.7. The SMILES string of the molecule is CS(=O)(=O)N1[C@@H](CCc2c(F)cccc2NC(=O)[C@@H](N)C(c2ccc(F)cc2)c2cc(F)cc(F)c2)CNC[C@@H]1C1CC1. The van der Waals surface area contributed by atoms with Gasteiger partial charge in [-0.3, -0.25) is 4.79 Å². The summed E-state index contributed by atoms with van der Waals surface area (Å²) in [6.07, 6.45) is 3.56. The van der Waals surface area contributed by atoms with E-state index in [-0.39, 0.29) is 29.3 Å². The largest absolute Gasteiger partial charge is 0.324 e. The molecule has 1 saturated carbocycles. The molecular weight excluding hydrogens is 584 g/mol. The van der Waals surface area contributed by atoms with Crippen molar-refractivity contribution in [3.63, 3.8) is 0 Å². The molecule has 1 aliphatic heterocycles. The monoisotopic (exact) mass is 618 g/mol. The molecule has 1 amide bonds. The molecule has 2 aliphatic rings. The first-order valence-corrected chi connectivity index (χ1v) is 16.0. The van der Waals surface area contributed by atoms with Crippen molar-refractivity contribution in [3.8, 4) is 0 Å². The zero-order valence-corrected chi connectivity index (χ0v) is 24.4. The van der Waals surface area contributed by atoms with Gasteiger partial charge in [0.2, 0.25) is 15.9 Å². The molecule has 12 heteroatoms. The third-order valence-corrected chi connectivity index (χ3v) is 9.54. The molecule has 1 heterocycles. The number of benzene rings is 3.